The van der Waals surface area contributed by atoms with Gasteiger partial charge in [-0.1, -0.05) is 25.4 Å². The lowest BCUT2D eigenvalue weighted by Crippen LogP contribution is -2.51. The fourth-order valence-corrected chi connectivity index (χ4v) is 5.94. The number of aromatic nitrogens is 2. The molecule has 0 spiro atoms. The van der Waals surface area contributed by atoms with Crippen molar-refractivity contribution in [3.05, 3.63) is 45.8 Å². The average molecular weight is 580 g/mol. The molecule has 1 aromatic carbocycles. The van der Waals surface area contributed by atoms with E-state index in [2.05, 4.69) is 15.6 Å². The van der Waals surface area contributed by atoms with Crippen molar-refractivity contribution in [2.75, 3.05) is 35.2 Å². The number of rotatable bonds is 4. The SMILES string of the molecule is CC1CN(c2cc(Nc3ccc4c(c3)c3c(c(=O)n4C)OCC(F)(F)[C@H](C4CC4)N3)c(Cl)cn2)CC(C)C1(F)F. The minimum atomic E-state index is -3.14. The second-order valence-electron chi connectivity index (χ2n) is 11.3. The maximum Gasteiger partial charge on any atom is 0.301 e. The van der Waals surface area contributed by atoms with Crippen molar-refractivity contribution in [1.82, 2.24) is 9.55 Å². The van der Waals surface area contributed by atoms with Crippen LogP contribution >= 0.6 is 11.6 Å². The number of benzene rings is 1. The number of pyridine rings is 2. The minimum Gasteiger partial charge on any atom is -0.480 e. The van der Waals surface area contributed by atoms with Crippen LogP contribution in [0, 0.1) is 17.8 Å². The molecule has 0 amide bonds. The molecular weight excluding hydrogens is 550 g/mol. The van der Waals surface area contributed by atoms with E-state index in [-0.39, 0.29) is 30.4 Å². The fraction of sp³-hybridized carbons (Fsp3) is 0.500. The van der Waals surface area contributed by atoms with Gasteiger partial charge in [-0.15, -0.1) is 0 Å². The number of hydrogen-bond donors (Lipinski definition) is 2. The molecule has 1 aliphatic carbocycles. The number of hydrogen-bond acceptors (Lipinski definition) is 6. The maximum absolute atomic E-state index is 14.9. The van der Waals surface area contributed by atoms with Crippen molar-refractivity contribution in [2.24, 2.45) is 24.8 Å². The van der Waals surface area contributed by atoms with Gasteiger partial charge in [-0.25, -0.2) is 22.5 Å². The Morgan fingerprint density at radius 1 is 1.12 bits per heavy atom. The van der Waals surface area contributed by atoms with Gasteiger partial charge in [-0.05, 0) is 37.0 Å². The smallest absolute Gasteiger partial charge is 0.301 e. The number of piperidine rings is 1. The van der Waals surface area contributed by atoms with Crippen LogP contribution < -0.4 is 25.8 Å². The second kappa shape index (κ2) is 9.43. The summed E-state index contributed by atoms with van der Waals surface area (Å²) in [5.41, 5.74) is 1.38. The van der Waals surface area contributed by atoms with E-state index < -0.39 is 41.9 Å². The zero-order chi connectivity index (χ0) is 28.6. The molecule has 0 bridgehead atoms. The number of anilines is 4. The maximum atomic E-state index is 14.9. The first kappa shape index (κ1) is 27.0. The molecule has 3 aliphatic rings. The van der Waals surface area contributed by atoms with E-state index in [1.165, 1.54) is 24.6 Å². The normalized spacial score (nSPS) is 25.5. The van der Waals surface area contributed by atoms with Gasteiger partial charge in [0, 0.05) is 49.1 Å². The van der Waals surface area contributed by atoms with E-state index in [1.54, 1.807) is 31.3 Å². The Morgan fingerprint density at radius 3 is 2.50 bits per heavy atom. The summed E-state index contributed by atoms with van der Waals surface area (Å²) in [5.74, 6) is -7.38. The molecule has 12 heteroatoms. The molecule has 40 heavy (non-hydrogen) atoms. The Morgan fingerprint density at radius 2 is 1.82 bits per heavy atom. The topological polar surface area (TPSA) is 71.4 Å². The quantitative estimate of drug-likeness (QED) is 0.355. The largest absolute Gasteiger partial charge is 0.480 e. The number of ether oxygens (including phenoxy) is 1. The van der Waals surface area contributed by atoms with Crippen LogP contribution in [0.25, 0.3) is 10.9 Å². The van der Waals surface area contributed by atoms with Crippen molar-refractivity contribution in [3.63, 3.8) is 0 Å². The molecule has 2 fully saturated rings. The van der Waals surface area contributed by atoms with E-state index >= 15 is 0 Å². The van der Waals surface area contributed by atoms with Crippen LogP contribution in [0.4, 0.5) is 40.4 Å². The summed E-state index contributed by atoms with van der Waals surface area (Å²) in [6, 6.07) is 5.80. The number of nitrogens with one attached hydrogen (secondary N) is 2. The molecule has 2 aliphatic heterocycles. The van der Waals surface area contributed by atoms with Gasteiger partial charge < -0.3 is 24.8 Å². The molecule has 6 rings (SSSR count). The monoisotopic (exact) mass is 579 g/mol. The Balaban J connectivity index is 1.36. The van der Waals surface area contributed by atoms with Crippen molar-refractivity contribution >= 4 is 45.4 Å². The number of alkyl halides is 4. The standard InChI is InChI=1S/C28H30ClF4N5O2/c1-14-11-38(12-15(2)28(14,32)33)22-9-20(19(29)10-34-22)35-17-6-7-21-18(8-17)23-24(26(39)37(21)3)40-13-27(30,31)25(36-23)16-4-5-16/h6-10,14-16,25,36H,4-5,11-13H2,1-3H3,(H,34,35)/t14?,15?,25-/m0/s1. The molecule has 3 aromatic rings. The zero-order valence-corrected chi connectivity index (χ0v) is 23.0. The second-order valence-corrected chi connectivity index (χ2v) is 11.7. The van der Waals surface area contributed by atoms with Gasteiger partial charge in [-0.3, -0.25) is 4.79 Å². The Hall–Kier alpha value is -3.21. The Bertz CT molecular complexity index is 1530. The minimum absolute atomic E-state index is 0.135. The van der Waals surface area contributed by atoms with E-state index in [4.69, 9.17) is 16.3 Å². The molecule has 7 nitrogen and oxygen atoms in total. The van der Waals surface area contributed by atoms with E-state index in [0.717, 1.165) is 0 Å². The molecule has 4 heterocycles. The summed E-state index contributed by atoms with van der Waals surface area (Å²) in [5, 5.41) is 7.08. The van der Waals surface area contributed by atoms with E-state index in [1.807, 2.05) is 4.90 Å². The Kier molecular flexibility index (Phi) is 6.36. The lowest BCUT2D eigenvalue weighted by molar-refractivity contribution is -0.105. The van der Waals surface area contributed by atoms with Gasteiger partial charge in [0.2, 0.25) is 5.75 Å². The first-order chi connectivity index (χ1) is 18.9. The van der Waals surface area contributed by atoms with Crippen LogP contribution in [0.15, 0.2) is 35.3 Å². The highest BCUT2D eigenvalue weighted by Crippen LogP contribution is 2.46. The molecule has 1 saturated heterocycles. The third kappa shape index (κ3) is 4.52. The number of aryl methyl sites for hydroxylation is 1. The Labute approximate surface area is 233 Å². The summed E-state index contributed by atoms with van der Waals surface area (Å²) >= 11 is 6.46. The van der Waals surface area contributed by atoms with Gasteiger partial charge in [0.15, 0.2) is 6.61 Å². The molecular formula is C28H30ClF4N5O2. The summed E-state index contributed by atoms with van der Waals surface area (Å²) in [6.45, 7) is 2.50. The van der Waals surface area contributed by atoms with E-state index in [0.29, 0.717) is 46.0 Å². The number of nitrogens with zero attached hydrogens (tertiary/aromatic N) is 3. The van der Waals surface area contributed by atoms with Crippen LogP contribution in [0.1, 0.15) is 26.7 Å². The predicted octanol–water partition coefficient (Wildman–Crippen LogP) is 6.28. The van der Waals surface area contributed by atoms with Gasteiger partial charge in [0.1, 0.15) is 5.82 Å². The lowest BCUT2D eigenvalue weighted by atomic mass is 9.87. The van der Waals surface area contributed by atoms with Crippen LogP contribution in [0.2, 0.25) is 5.02 Å². The van der Waals surface area contributed by atoms with Crippen molar-refractivity contribution in [1.29, 1.82) is 0 Å². The van der Waals surface area contributed by atoms with Crippen molar-refractivity contribution in [2.45, 2.75) is 44.6 Å². The highest BCUT2D eigenvalue weighted by molar-refractivity contribution is 6.33. The molecule has 1 saturated carbocycles. The van der Waals surface area contributed by atoms with Gasteiger partial charge >= 0.3 is 5.92 Å². The van der Waals surface area contributed by atoms with Crippen LogP contribution in [-0.4, -0.2) is 47.1 Å². The number of halogens is 5. The first-order valence-corrected chi connectivity index (χ1v) is 13.7. The molecule has 214 valence electrons. The third-order valence-electron chi connectivity index (χ3n) is 8.36. The van der Waals surface area contributed by atoms with Gasteiger partial charge in [-0.2, -0.15) is 0 Å². The predicted molar refractivity (Wildman–Crippen MR) is 148 cm³/mol. The van der Waals surface area contributed by atoms with Gasteiger partial charge in [0.25, 0.3) is 11.5 Å². The summed E-state index contributed by atoms with van der Waals surface area (Å²) < 4.78 is 65.5. The lowest BCUT2D eigenvalue weighted by Gasteiger charge is -2.41. The first-order valence-electron chi connectivity index (χ1n) is 13.4. The zero-order valence-electron chi connectivity index (χ0n) is 22.3. The molecule has 3 atom stereocenters. The van der Waals surface area contributed by atoms with Crippen LogP contribution in [0.3, 0.4) is 0 Å². The summed E-state index contributed by atoms with van der Waals surface area (Å²) in [6.07, 6.45) is 2.84. The summed E-state index contributed by atoms with van der Waals surface area (Å²) in [4.78, 5) is 19.2. The van der Waals surface area contributed by atoms with Crippen LogP contribution in [0.5, 0.6) is 5.75 Å². The molecule has 2 aromatic heterocycles. The van der Waals surface area contributed by atoms with Gasteiger partial charge in [0.05, 0.1) is 34.2 Å². The van der Waals surface area contributed by atoms with Crippen molar-refractivity contribution in [3.8, 4) is 5.75 Å². The molecule has 2 N–H and O–H groups in total. The average Bonchev–Trinajstić information content (AvgIpc) is 3.74. The molecule has 2 unspecified atom stereocenters. The molecule has 0 radical (unpaired) electrons. The fourth-order valence-electron chi connectivity index (χ4n) is 5.79. The number of fused-ring (bicyclic) bond motifs is 3. The highest BCUT2D eigenvalue weighted by Gasteiger charge is 2.51. The van der Waals surface area contributed by atoms with Crippen molar-refractivity contribution < 1.29 is 22.3 Å². The highest BCUT2D eigenvalue weighted by atomic mass is 35.5. The third-order valence-corrected chi connectivity index (χ3v) is 8.66. The van der Waals surface area contributed by atoms with Crippen LogP contribution in [-0.2, 0) is 7.05 Å². The summed E-state index contributed by atoms with van der Waals surface area (Å²) in [7, 11) is 1.57. The van der Waals surface area contributed by atoms with E-state index in [9.17, 15) is 22.4 Å².